The van der Waals surface area contributed by atoms with Gasteiger partial charge in [-0.05, 0) is 19.1 Å². The summed E-state index contributed by atoms with van der Waals surface area (Å²) in [7, 11) is 0. The lowest BCUT2D eigenvalue weighted by atomic mass is 9.93. The van der Waals surface area contributed by atoms with E-state index < -0.39 is 17.7 Å². The Hall–Kier alpha value is -0.810. The number of aliphatic hydroxyl groups is 2. The third-order valence-electron chi connectivity index (χ3n) is 2.22. The zero-order valence-corrected chi connectivity index (χ0v) is 9.83. The van der Waals surface area contributed by atoms with Crippen molar-refractivity contribution in [3.05, 3.63) is 33.8 Å². The van der Waals surface area contributed by atoms with Gasteiger partial charge in [0, 0.05) is 15.6 Å². The molecule has 3 N–H and O–H groups in total. The minimum Gasteiger partial charge on any atom is -0.479 e. The molecule has 0 saturated carbocycles. The molecule has 0 aliphatic heterocycles. The van der Waals surface area contributed by atoms with Gasteiger partial charge in [0.1, 0.15) is 6.10 Å². The normalized spacial score (nSPS) is 16.6. The molecule has 0 radical (unpaired) electrons. The molecular formula is C10H10Cl2O4. The standard InChI is InChI=1S/C10H10Cl2O4/c1-10(16,9(14)15)8(13)6-3-2-5(11)4-7(6)12/h2-4,8,13,16H,1H3,(H,14,15). The molecule has 1 aromatic rings. The van der Waals surface area contributed by atoms with Crippen molar-refractivity contribution in [2.75, 3.05) is 0 Å². The average molecular weight is 265 g/mol. The average Bonchev–Trinajstić information content (AvgIpc) is 2.16. The van der Waals surface area contributed by atoms with Gasteiger partial charge < -0.3 is 15.3 Å². The van der Waals surface area contributed by atoms with E-state index in [2.05, 4.69) is 0 Å². The largest absolute Gasteiger partial charge is 0.479 e. The van der Waals surface area contributed by atoms with Crippen molar-refractivity contribution in [1.29, 1.82) is 0 Å². The fourth-order valence-electron chi connectivity index (χ4n) is 1.14. The quantitative estimate of drug-likeness (QED) is 0.779. The van der Waals surface area contributed by atoms with E-state index in [1.165, 1.54) is 18.2 Å². The van der Waals surface area contributed by atoms with Crippen molar-refractivity contribution < 1.29 is 20.1 Å². The Morgan fingerprint density at radius 3 is 2.44 bits per heavy atom. The van der Waals surface area contributed by atoms with E-state index in [0.29, 0.717) is 5.02 Å². The molecule has 0 saturated heterocycles. The lowest BCUT2D eigenvalue weighted by molar-refractivity contribution is -0.169. The molecule has 0 bridgehead atoms. The van der Waals surface area contributed by atoms with Crippen molar-refractivity contribution in [1.82, 2.24) is 0 Å². The summed E-state index contributed by atoms with van der Waals surface area (Å²) in [5.74, 6) is -1.54. The maximum Gasteiger partial charge on any atom is 0.338 e. The smallest absolute Gasteiger partial charge is 0.338 e. The van der Waals surface area contributed by atoms with Gasteiger partial charge >= 0.3 is 5.97 Å². The van der Waals surface area contributed by atoms with E-state index >= 15 is 0 Å². The first-order chi connectivity index (χ1) is 7.26. The molecule has 4 nitrogen and oxygen atoms in total. The summed E-state index contributed by atoms with van der Waals surface area (Å²) in [4.78, 5) is 10.7. The highest BCUT2D eigenvalue weighted by Gasteiger charge is 2.40. The van der Waals surface area contributed by atoms with Crippen LogP contribution in [0, 0.1) is 0 Å². The van der Waals surface area contributed by atoms with Crippen molar-refractivity contribution in [3.8, 4) is 0 Å². The first kappa shape index (κ1) is 13.3. The maximum atomic E-state index is 10.7. The highest BCUT2D eigenvalue weighted by Crippen LogP contribution is 2.32. The van der Waals surface area contributed by atoms with Crippen LogP contribution in [-0.2, 0) is 4.79 Å². The molecule has 0 aliphatic carbocycles. The topological polar surface area (TPSA) is 77.8 Å². The lowest BCUT2D eigenvalue weighted by Gasteiger charge is -2.25. The van der Waals surface area contributed by atoms with E-state index in [1.807, 2.05) is 0 Å². The van der Waals surface area contributed by atoms with E-state index in [4.69, 9.17) is 28.3 Å². The third-order valence-corrected chi connectivity index (χ3v) is 2.78. The Morgan fingerprint density at radius 1 is 1.44 bits per heavy atom. The van der Waals surface area contributed by atoms with E-state index in [9.17, 15) is 15.0 Å². The molecule has 88 valence electrons. The van der Waals surface area contributed by atoms with Crippen molar-refractivity contribution in [3.63, 3.8) is 0 Å². The summed E-state index contributed by atoms with van der Waals surface area (Å²) in [6, 6.07) is 4.18. The van der Waals surface area contributed by atoms with Crippen LogP contribution in [0.1, 0.15) is 18.6 Å². The van der Waals surface area contributed by atoms with Gasteiger partial charge in [0.05, 0.1) is 0 Å². The van der Waals surface area contributed by atoms with Crippen molar-refractivity contribution >= 4 is 29.2 Å². The molecule has 0 heterocycles. The second-order valence-corrected chi connectivity index (χ2v) is 4.36. The summed E-state index contributed by atoms with van der Waals surface area (Å²) < 4.78 is 0. The molecule has 2 atom stereocenters. The lowest BCUT2D eigenvalue weighted by Crippen LogP contribution is -2.41. The Morgan fingerprint density at radius 2 is 2.00 bits per heavy atom. The van der Waals surface area contributed by atoms with Crippen LogP contribution in [0.4, 0.5) is 0 Å². The first-order valence-corrected chi connectivity index (χ1v) is 5.11. The molecule has 0 aromatic heterocycles. The Balaban J connectivity index is 3.14. The molecule has 0 amide bonds. The number of hydrogen-bond acceptors (Lipinski definition) is 3. The van der Waals surface area contributed by atoms with Gasteiger partial charge in [-0.3, -0.25) is 0 Å². The van der Waals surface area contributed by atoms with Crippen LogP contribution in [0.3, 0.4) is 0 Å². The van der Waals surface area contributed by atoms with Crippen LogP contribution in [0.2, 0.25) is 10.0 Å². The number of benzene rings is 1. The zero-order chi connectivity index (χ0) is 12.5. The van der Waals surface area contributed by atoms with Gasteiger partial charge in [0.25, 0.3) is 0 Å². The summed E-state index contributed by atoms with van der Waals surface area (Å²) in [5.41, 5.74) is -2.20. The number of halogens is 2. The number of aliphatic hydroxyl groups excluding tert-OH is 1. The van der Waals surface area contributed by atoms with Gasteiger partial charge in [-0.1, -0.05) is 29.3 Å². The highest BCUT2D eigenvalue weighted by molar-refractivity contribution is 6.35. The van der Waals surface area contributed by atoms with E-state index in [0.717, 1.165) is 6.92 Å². The van der Waals surface area contributed by atoms with Crippen LogP contribution in [0.5, 0.6) is 0 Å². The van der Waals surface area contributed by atoms with Crippen LogP contribution >= 0.6 is 23.2 Å². The summed E-state index contributed by atoms with van der Waals surface area (Å²) in [6.07, 6.45) is -1.63. The second-order valence-electron chi connectivity index (χ2n) is 3.52. The zero-order valence-electron chi connectivity index (χ0n) is 8.32. The van der Waals surface area contributed by atoms with Gasteiger partial charge in [-0.2, -0.15) is 0 Å². The Kier molecular flexibility index (Phi) is 3.80. The molecule has 0 fully saturated rings. The minimum atomic E-state index is -2.31. The van der Waals surface area contributed by atoms with Crippen LogP contribution in [0.25, 0.3) is 0 Å². The monoisotopic (exact) mass is 264 g/mol. The molecule has 0 aliphatic rings. The van der Waals surface area contributed by atoms with Gasteiger partial charge in [0.15, 0.2) is 5.60 Å². The van der Waals surface area contributed by atoms with E-state index in [-0.39, 0.29) is 10.6 Å². The van der Waals surface area contributed by atoms with Gasteiger partial charge in [-0.25, -0.2) is 4.79 Å². The summed E-state index contributed by atoms with van der Waals surface area (Å²) in [5, 5.41) is 28.5. The second kappa shape index (κ2) is 4.59. The molecule has 1 rings (SSSR count). The van der Waals surface area contributed by atoms with Crippen LogP contribution < -0.4 is 0 Å². The number of aliphatic carboxylic acids is 1. The predicted octanol–water partition coefficient (Wildman–Crippen LogP) is 1.86. The predicted molar refractivity (Wildman–Crippen MR) is 59.7 cm³/mol. The third kappa shape index (κ3) is 2.47. The number of carbonyl (C=O) groups is 1. The summed E-state index contributed by atoms with van der Waals surface area (Å²) >= 11 is 11.4. The van der Waals surface area contributed by atoms with Gasteiger partial charge in [-0.15, -0.1) is 0 Å². The summed E-state index contributed by atoms with van der Waals surface area (Å²) in [6.45, 7) is 0.991. The molecule has 16 heavy (non-hydrogen) atoms. The SMILES string of the molecule is CC(O)(C(=O)O)C(O)c1ccc(Cl)cc1Cl. The van der Waals surface area contributed by atoms with Gasteiger partial charge in [0.2, 0.25) is 0 Å². The highest BCUT2D eigenvalue weighted by atomic mass is 35.5. The molecule has 6 heteroatoms. The van der Waals surface area contributed by atoms with Crippen LogP contribution in [-0.4, -0.2) is 26.9 Å². The number of carboxylic acid groups (broad SMARTS) is 1. The Labute approximate surface area is 102 Å². The number of rotatable bonds is 3. The van der Waals surface area contributed by atoms with Crippen molar-refractivity contribution in [2.45, 2.75) is 18.6 Å². The fourth-order valence-corrected chi connectivity index (χ4v) is 1.65. The van der Waals surface area contributed by atoms with E-state index in [1.54, 1.807) is 0 Å². The number of hydrogen-bond donors (Lipinski definition) is 3. The van der Waals surface area contributed by atoms with Crippen molar-refractivity contribution in [2.24, 2.45) is 0 Å². The fraction of sp³-hybridized carbons (Fsp3) is 0.300. The Bertz CT molecular complexity index is 417. The molecule has 0 spiro atoms. The molecule has 1 aromatic carbocycles. The maximum absolute atomic E-state index is 10.7. The number of carboxylic acids is 1. The molecular weight excluding hydrogens is 255 g/mol. The van der Waals surface area contributed by atoms with Crippen LogP contribution in [0.15, 0.2) is 18.2 Å². The molecule has 2 unspecified atom stereocenters. The first-order valence-electron chi connectivity index (χ1n) is 4.35. The minimum absolute atomic E-state index is 0.0986.